The van der Waals surface area contributed by atoms with Gasteiger partial charge in [0.2, 0.25) is 0 Å². The van der Waals surface area contributed by atoms with E-state index in [2.05, 4.69) is 0 Å². The van der Waals surface area contributed by atoms with Gasteiger partial charge in [0.15, 0.2) is 11.6 Å². The first-order valence-electron chi connectivity index (χ1n) is 6.44. The predicted octanol–water partition coefficient (Wildman–Crippen LogP) is 6.36. The van der Waals surface area contributed by atoms with Gasteiger partial charge in [-0.25, -0.2) is 13.2 Å². The Hall–Kier alpha value is -1.27. The fourth-order valence-corrected chi connectivity index (χ4v) is 2.65. The molecule has 0 bridgehead atoms. The van der Waals surface area contributed by atoms with Gasteiger partial charge in [-0.1, -0.05) is 0 Å². The van der Waals surface area contributed by atoms with Crippen LogP contribution in [0.4, 0.5) is 52.7 Å². The molecule has 1 aromatic rings. The van der Waals surface area contributed by atoms with Crippen molar-refractivity contribution in [2.45, 2.75) is 42.2 Å². The van der Waals surface area contributed by atoms with Gasteiger partial charge in [0, 0.05) is 12.2 Å². The summed E-state index contributed by atoms with van der Waals surface area (Å²) in [6.45, 7) is 0.962. The molecule has 0 aliphatic carbocycles. The fraction of sp³-hybridized carbons (Fsp3) is 0.538. The second-order valence-corrected chi connectivity index (χ2v) is 6.19. The molecule has 0 unspecified atom stereocenters. The third-order valence-electron chi connectivity index (χ3n) is 3.17. The van der Waals surface area contributed by atoms with Gasteiger partial charge in [-0.15, -0.1) is 11.8 Å². The highest BCUT2D eigenvalue weighted by molar-refractivity contribution is 7.99. The fourth-order valence-electron chi connectivity index (χ4n) is 1.67. The highest BCUT2D eigenvalue weighted by Crippen LogP contribution is 2.54. The molecule has 0 aliphatic rings. The Morgan fingerprint density at radius 2 is 1.31 bits per heavy atom. The van der Waals surface area contributed by atoms with Gasteiger partial charge in [-0.3, -0.25) is 0 Å². The van der Waals surface area contributed by atoms with Gasteiger partial charge in [-0.2, -0.15) is 39.5 Å². The van der Waals surface area contributed by atoms with E-state index in [-0.39, 0.29) is 11.8 Å². The van der Waals surface area contributed by atoms with Crippen molar-refractivity contribution in [2.75, 3.05) is 5.75 Å². The van der Waals surface area contributed by atoms with Crippen molar-refractivity contribution in [3.8, 4) is 0 Å². The van der Waals surface area contributed by atoms with E-state index in [1.165, 1.54) is 0 Å². The first-order chi connectivity index (χ1) is 11.5. The van der Waals surface area contributed by atoms with E-state index in [1.54, 1.807) is 0 Å². The second-order valence-electron chi connectivity index (χ2n) is 5.08. The molecule has 0 amide bonds. The number of benzene rings is 1. The molecule has 0 aromatic heterocycles. The van der Waals surface area contributed by atoms with Crippen LogP contribution in [-0.4, -0.2) is 29.7 Å². The summed E-state index contributed by atoms with van der Waals surface area (Å²) in [4.78, 5) is -1.20. The van der Waals surface area contributed by atoms with E-state index in [4.69, 9.17) is 0 Å². The number of rotatable bonds is 6. The molecule has 0 aliphatic heterocycles. The van der Waals surface area contributed by atoms with Crippen molar-refractivity contribution in [3.05, 3.63) is 29.1 Å². The van der Waals surface area contributed by atoms with Crippen LogP contribution in [0, 0.1) is 24.4 Å². The Kier molecular flexibility index (Phi) is 6.17. The molecule has 0 spiro atoms. The van der Waals surface area contributed by atoms with Crippen LogP contribution in [0.1, 0.15) is 12.0 Å². The maximum Gasteiger partial charge on any atom is 0.460 e. The average molecular weight is 424 g/mol. The third kappa shape index (κ3) is 3.86. The van der Waals surface area contributed by atoms with Crippen LogP contribution < -0.4 is 0 Å². The summed E-state index contributed by atoms with van der Waals surface area (Å²) in [6, 6.07) is 0.464. The molecule has 150 valence electrons. The molecular weight excluding hydrogens is 416 g/mol. The maximum atomic E-state index is 13.5. The monoisotopic (exact) mass is 424 g/mol. The van der Waals surface area contributed by atoms with Gasteiger partial charge in [-0.05, 0) is 18.6 Å². The van der Waals surface area contributed by atoms with Crippen LogP contribution in [0.2, 0.25) is 0 Å². The van der Waals surface area contributed by atoms with Crippen LogP contribution in [-0.2, 0) is 0 Å². The molecule has 0 atom stereocenters. The SMILES string of the molecule is Cc1cc(F)c(SCCC(F)(F)C(F)(F)C(F)(F)C(F)(F)F)c(F)c1F. The Labute approximate surface area is 142 Å². The van der Waals surface area contributed by atoms with Gasteiger partial charge in [0.05, 0.1) is 4.90 Å². The van der Waals surface area contributed by atoms with Crippen LogP contribution in [0.3, 0.4) is 0 Å². The smallest absolute Gasteiger partial charge is 0.206 e. The summed E-state index contributed by atoms with van der Waals surface area (Å²) >= 11 is -0.272. The van der Waals surface area contributed by atoms with Gasteiger partial charge in [0.25, 0.3) is 0 Å². The molecule has 26 heavy (non-hydrogen) atoms. The standard InChI is InChI=1S/C13H8F12S/c1-5-4-6(14)9(8(16)7(5)15)26-3-2-10(17,18)11(19,20)12(21,22)13(23,24)25/h4H,2-3H2,1H3. The molecule has 0 N–H and O–H groups in total. The lowest BCUT2D eigenvalue weighted by molar-refractivity contribution is -0.396. The molecule has 0 nitrogen and oxygen atoms in total. The first kappa shape index (κ1) is 22.8. The highest BCUT2D eigenvalue weighted by Gasteiger charge is 2.81. The molecule has 0 saturated carbocycles. The Balaban J connectivity index is 2.99. The van der Waals surface area contributed by atoms with Gasteiger partial charge in [0.1, 0.15) is 5.82 Å². The zero-order chi connectivity index (χ0) is 20.7. The minimum Gasteiger partial charge on any atom is -0.206 e. The van der Waals surface area contributed by atoms with Crippen LogP contribution >= 0.6 is 11.8 Å². The van der Waals surface area contributed by atoms with Crippen LogP contribution in [0.25, 0.3) is 0 Å². The maximum absolute atomic E-state index is 13.5. The van der Waals surface area contributed by atoms with E-state index in [1.807, 2.05) is 0 Å². The molecule has 13 heteroatoms. The molecule has 0 radical (unpaired) electrons. The van der Waals surface area contributed by atoms with E-state index >= 15 is 0 Å². The van der Waals surface area contributed by atoms with Crippen molar-refractivity contribution in [1.82, 2.24) is 0 Å². The lowest BCUT2D eigenvalue weighted by Gasteiger charge is -2.33. The van der Waals surface area contributed by atoms with Crippen molar-refractivity contribution in [1.29, 1.82) is 0 Å². The molecule has 0 heterocycles. The van der Waals surface area contributed by atoms with Crippen molar-refractivity contribution >= 4 is 11.8 Å². The minimum absolute atomic E-state index is 0.272. The number of hydrogen-bond donors (Lipinski definition) is 0. The van der Waals surface area contributed by atoms with Gasteiger partial charge < -0.3 is 0 Å². The first-order valence-corrected chi connectivity index (χ1v) is 7.43. The summed E-state index contributed by atoms with van der Waals surface area (Å²) in [7, 11) is 0. The third-order valence-corrected chi connectivity index (χ3v) is 4.24. The van der Waals surface area contributed by atoms with E-state index in [0.717, 1.165) is 6.92 Å². The van der Waals surface area contributed by atoms with E-state index in [9.17, 15) is 52.7 Å². The number of alkyl halides is 9. The topological polar surface area (TPSA) is 0 Å². The lowest BCUT2D eigenvalue weighted by atomic mass is 10.0. The number of halogens is 12. The number of thioether (sulfide) groups is 1. The summed E-state index contributed by atoms with van der Waals surface area (Å²) in [5.74, 6) is -25.9. The number of hydrogen-bond acceptors (Lipinski definition) is 1. The van der Waals surface area contributed by atoms with Crippen molar-refractivity contribution in [2.24, 2.45) is 0 Å². The Morgan fingerprint density at radius 3 is 1.77 bits per heavy atom. The van der Waals surface area contributed by atoms with Crippen LogP contribution in [0.15, 0.2) is 11.0 Å². The number of aryl methyl sites for hydroxylation is 1. The Bertz CT molecular complexity index is 664. The minimum atomic E-state index is -7.04. The predicted molar refractivity (Wildman–Crippen MR) is 67.3 cm³/mol. The summed E-state index contributed by atoms with van der Waals surface area (Å²) in [6.07, 6.45) is -9.24. The van der Waals surface area contributed by atoms with Crippen molar-refractivity contribution in [3.63, 3.8) is 0 Å². The summed E-state index contributed by atoms with van der Waals surface area (Å²) in [5.41, 5.74) is -0.494. The Morgan fingerprint density at radius 1 is 0.808 bits per heavy atom. The van der Waals surface area contributed by atoms with E-state index in [0.29, 0.717) is 6.07 Å². The highest BCUT2D eigenvalue weighted by atomic mass is 32.2. The van der Waals surface area contributed by atoms with Crippen LogP contribution in [0.5, 0.6) is 0 Å². The molecule has 0 fully saturated rings. The zero-order valence-electron chi connectivity index (χ0n) is 12.4. The molecule has 1 aromatic carbocycles. The quantitative estimate of drug-likeness (QED) is 0.291. The summed E-state index contributed by atoms with van der Waals surface area (Å²) < 4.78 is 154. The van der Waals surface area contributed by atoms with Crippen molar-refractivity contribution < 1.29 is 52.7 Å². The lowest BCUT2D eigenvalue weighted by Crippen LogP contribution is -2.60. The summed E-state index contributed by atoms with van der Waals surface area (Å²) in [5, 5.41) is 0. The zero-order valence-corrected chi connectivity index (χ0v) is 13.3. The van der Waals surface area contributed by atoms with E-state index < -0.39 is 64.0 Å². The molecular formula is C13H8F12S. The second kappa shape index (κ2) is 7.04. The van der Waals surface area contributed by atoms with Gasteiger partial charge >= 0.3 is 23.9 Å². The average Bonchev–Trinajstić information content (AvgIpc) is 2.46. The normalized spacial score (nSPS) is 14.0. The molecule has 1 rings (SSSR count). The largest absolute Gasteiger partial charge is 0.460 e. The molecule has 0 saturated heterocycles.